The van der Waals surface area contributed by atoms with E-state index in [0.717, 1.165) is 35.6 Å². The van der Waals surface area contributed by atoms with Gasteiger partial charge in [0.05, 0.1) is 39.0 Å². The summed E-state index contributed by atoms with van der Waals surface area (Å²) in [7, 11) is 1.25. The van der Waals surface area contributed by atoms with Crippen LogP contribution in [0, 0.1) is 0 Å². The van der Waals surface area contributed by atoms with Gasteiger partial charge in [-0.05, 0) is 61.2 Å². The number of hydrogen-bond donors (Lipinski definition) is 1. The molecule has 1 N–H and O–H groups in total. The molecule has 0 radical (unpaired) electrons. The average molecular weight is 688 g/mol. The lowest BCUT2D eigenvalue weighted by Crippen LogP contribution is -2.53. The van der Waals surface area contributed by atoms with E-state index in [-0.39, 0.29) is 40.6 Å². The van der Waals surface area contributed by atoms with Crippen molar-refractivity contribution in [1.29, 1.82) is 0 Å². The van der Waals surface area contributed by atoms with E-state index in [2.05, 4.69) is 5.32 Å². The van der Waals surface area contributed by atoms with Crippen molar-refractivity contribution < 1.29 is 37.0 Å². The highest BCUT2D eigenvalue weighted by molar-refractivity contribution is 7.92. The van der Waals surface area contributed by atoms with Crippen molar-refractivity contribution in [2.45, 2.75) is 62.6 Å². The fourth-order valence-corrected chi connectivity index (χ4v) is 7.24. The zero-order valence-electron chi connectivity index (χ0n) is 27.3. The lowest BCUT2D eigenvalue weighted by Gasteiger charge is -2.34. The number of amides is 2. The van der Waals surface area contributed by atoms with Gasteiger partial charge in [0.1, 0.15) is 24.1 Å². The smallest absolute Gasteiger partial charge is 0.265 e. The van der Waals surface area contributed by atoms with Gasteiger partial charge in [0.25, 0.3) is 10.0 Å². The van der Waals surface area contributed by atoms with Crippen LogP contribution in [0.1, 0.15) is 44.6 Å². The van der Waals surface area contributed by atoms with Gasteiger partial charge in [0.2, 0.25) is 11.8 Å². The van der Waals surface area contributed by atoms with Crippen LogP contribution in [0.3, 0.4) is 0 Å². The monoisotopic (exact) mass is 687 g/mol. The van der Waals surface area contributed by atoms with E-state index in [4.69, 9.17) is 30.5 Å². The number of halogens is 1. The van der Waals surface area contributed by atoms with Gasteiger partial charge in [-0.2, -0.15) is 0 Å². The van der Waals surface area contributed by atoms with E-state index < -0.39 is 28.5 Å². The highest BCUT2D eigenvalue weighted by atomic mass is 35.5. The summed E-state index contributed by atoms with van der Waals surface area (Å²) in [4.78, 5) is 29.5. The molecular formula is C34H42ClN3O8S. The first kappa shape index (κ1) is 35.7. The maximum atomic E-state index is 14.5. The Morgan fingerprint density at radius 3 is 2.11 bits per heavy atom. The van der Waals surface area contributed by atoms with Gasteiger partial charge in [-0.1, -0.05) is 43.5 Å². The second-order valence-electron chi connectivity index (χ2n) is 11.1. The Kier molecular flexibility index (Phi) is 12.2. The zero-order valence-corrected chi connectivity index (χ0v) is 28.9. The summed E-state index contributed by atoms with van der Waals surface area (Å²) in [6.45, 7) is 1.22. The molecule has 0 heterocycles. The molecule has 1 saturated carbocycles. The molecule has 0 spiro atoms. The highest BCUT2D eigenvalue weighted by Gasteiger charge is 2.36. The van der Waals surface area contributed by atoms with Crippen LogP contribution in [-0.4, -0.2) is 72.2 Å². The molecule has 11 nitrogen and oxygen atoms in total. The van der Waals surface area contributed by atoms with Crippen molar-refractivity contribution in [1.82, 2.24) is 10.2 Å². The third-order valence-corrected chi connectivity index (χ3v) is 10.2. The standard InChI is InChI=1S/C34H42ClN3O8S/c1-6-28(34(40)36-25-9-7-8-10-25)37(21-23-11-13-24(35)14-12-23)33(39)22-38(29-19-26(43-2)15-17-30(29)44-3)47(41,42)27-16-18-31(45-4)32(20-27)46-5/h11-20,25,28H,6-10,21-22H2,1-5H3,(H,36,40)/t28-/m1/s1. The van der Waals surface area contributed by atoms with Gasteiger partial charge in [-0.15, -0.1) is 0 Å². The Labute approximate surface area is 281 Å². The van der Waals surface area contributed by atoms with Crippen molar-refractivity contribution in [2.24, 2.45) is 0 Å². The number of methoxy groups -OCH3 is 4. The molecule has 1 atom stereocenters. The van der Waals surface area contributed by atoms with Crippen molar-refractivity contribution in [2.75, 3.05) is 39.3 Å². The summed E-state index contributed by atoms with van der Waals surface area (Å²) in [5.41, 5.74) is 0.799. The molecule has 0 saturated heterocycles. The second-order valence-corrected chi connectivity index (χ2v) is 13.4. The summed E-state index contributed by atoms with van der Waals surface area (Å²) in [5.74, 6) is 0.189. The number of ether oxygens (including phenoxy) is 4. The molecule has 1 aliphatic carbocycles. The first-order chi connectivity index (χ1) is 22.6. The van der Waals surface area contributed by atoms with Gasteiger partial charge in [-0.3, -0.25) is 13.9 Å². The molecule has 2 amide bonds. The summed E-state index contributed by atoms with van der Waals surface area (Å²) < 4.78 is 51.6. The molecule has 254 valence electrons. The fourth-order valence-electron chi connectivity index (χ4n) is 5.68. The predicted octanol–water partition coefficient (Wildman–Crippen LogP) is 5.44. The quantitative estimate of drug-likeness (QED) is 0.224. The number of nitrogens with zero attached hydrogens (tertiary/aromatic N) is 2. The molecule has 13 heteroatoms. The van der Waals surface area contributed by atoms with Crippen LogP contribution in [0.25, 0.3) is 0 Å². The van der Waals surface area contributed by atoms with Crippen LogP contribution in [0.4, 0.5) is 5.69 Å². The van der Waals surface area contributed by atoms with Crippen molar-refractivity contribution in [3.05, 3.63) is 71.2 Å². The Balaban J connectivity index is 1.81. The predicted molar refractivity (Wildman–Crippen MR) is 180 cm³/mol. The van der Waals surface area contributed by atoms with Gasteiger partial charge in [0, 0.05) is 29.7 Å². The Morgan fingerprint density at radius 2 is 1.51 bits per heavy atom. The summed E-state index contributed by atoms with van der Waals surface area (Å²) in [6.07, 6.45) is 4.12. The molecule has 1 fully saturated rings. The van der Waals surface area contributed by atoms with E-state index in [1.807, 2.05) is 6.92 Å². The van der Waals surface area contributed by atoms with E-state index in [0.29, 0.717) is 22.9 Å². The molecular weight excluding hydrogens is 646 g/mol. The molecule has 3 aromatic rings. The molecule has 4 rings (SSSR count). The number of hydrogen-bond acceptors (Lipinski definition) is 8. The fraction of sp³-hybridized carbons (Fsp3) is 0.412. The Hall–Kier alpha value is -4.16. The first-order valence-electron chi connectivity index (χ1n) is 15.4. The molecule has 47 heavy (non-hydrogen) atoms. The number of carbonyl (C=O) groups is 2. The number of anilines is 1. The Morgan fingerprint density at radius 1 is 0.872 bits per heavy atom. The van der Waals surface area contributed by atoms with Crippen molar-refractivity contribution in [3.8, 4) is 23.0 Å². The van der Waals surface area contributed by atoms with Crippen LogP contribution in [0.2, 0.25) is 5.02 Å². The summed E-state index contributed by atoms with van der Waals surface area (Å²) in [6, 6.07) is 15.0. The van der Waals surface area contributed by atoms with Crippen LogP contribution in [-0.2, 0) is 26.2 Å². The molecule has 1 aliphatic rings. The second kappa shape index (κ2) is 16.1. The van der Waals surface area contributed by atoms with Crippen molar-refractivity contribution in [3.63, 3.8) is 0 Å². The maximum Gasteiger partial charge on any atom is 0.265 e. The molecule has 0 aromatic heterocycles. The topological polar surface area (TPSA) is 124 Å². The third kappa shape index (κ3) is 8.41. The number of nitrogens with one attached hydrogen (secondary N) is 1. The van der Waals surface area contributed by atoms with Gasteiger partial charge >= 0.3 is 0 Å². The minimum Gasteiger partial charge on any atom is -0.497 e. The lowest BCUT2D eigenvalue weighted by atomic mass is 10.1. The summed E-state index contributed by atoms with van der Waals surface area (Å²) in [5, 5.41) is 3.63. The maximum absolute atomic E-state index is 14.5. The third-order valence-electron chi connectivity index (χ3n) is 8.23. The molecule has 3 aromatic carbocycles. The minimum atomic E-state index is -4.45. The average Bonchev–Trinajstić information content (AvgIpc) is 3.60. The van der Waals surface area contributed by atoms with E-state index >= 15 is 0 Å². The zero-order chi connectivity index (χ0) is 34.1. The van der Waals surface area contributed by atoms with Gasteiger partial charge < -0.3 is 29.2 Å². The van der Waals surface area contributed by atoms with E-state index in [1.54, 1.807) is 36.4 Å². The van der Waals surface area contributed by atoms with Gasteiger partial charge in [0.15, 0.2) is 11.5 Å². The number of carbonyl (C=O) groups excluding carboxylic acids is 2. The van der Waals surface area contributed by atoms with Crippen LogP contribution in [0.15, 0.2) is 65.6 Å². The Bertz CT molecular complexity index is 1650. The first-order valence-corrected chi connectivity index (χ1v) is 17.2. The van der Waals surface area contributed by atoms with Crippen LogP contribution >= 0.6 is 11.6 Å². The molecule has 0 aliphatic heterocycles. The molecule has 0 unspecified atom stereocenters. The van der Waals surface area contributed by atoms with E-state index in [1.165, 1.54) is 57.6 Å². The number of sulfonamides is 1. The minimum absolute atomic E-state index is 0.0343. The van der Waals surface area contributed by atoms with E-state index in [9.17, 15) is 18.0 Å². The number of benzene rings is 3. The summed E-state index contributed by atoms with van der Waals surface area (Å²) >= 11 is 6.13. The highest BCUT2D eigenvalue weighted by Crippen LogP contribution is 2.38. The SMILES string of the molecule is CC[C@H](C(=O)NC1CCCC1)N(Cc1ccc(Cl)cc1)C(=O)CN(c1cc(OC)ccc1OC)S(=O)(=O)c1ccc(OC)c(OC)c1. The normalized spacial score (nSPS) is 13.8. The van der Waals surface area contributed by atoms with Crippen molar-refractivity contribution >= 4 is 39.1 Å². The van der Waals surface area contributed by atoms with Crippen LogP contribution in [0.5, 0.6) is 23.0 Å². The number of rotatable bonds is 15. The molecule has 0 bridgehead atoms. The van der Waals surface area contributed by atoms with Gasteiger partial charge in [-0.25, -0.2) is 8.42 Å². The van der Waals surface area contributed by atoms with Crippen LogP contribution < -0.4 is 28.6 Å². The largest absolute Gasteiger partial charge is 0.497 e. The lowest BCUT2D eigenvalue weighted by molar-refractivity contribution is -0.140.